The lowest BCUT2D eigenvalue weighted by Gasteiger charge is -2.27. The van der Waals surface area contributed by atoms with Crippen LogP contribution in [0.4, 0.5) is 18.0 Å². The summed E-state index contributed by atoms with van der Waals surface area (Å²) in [7, 11) is 0. The minimum atomic E-state index is -0.624. The molecule has 0 saturated heterocycles. The van der Waals surface area contributed by atoms with Gasteiger partial charge in [0.2, 0.25) is 5.95 Å². The standard InChI is InChI=1S/C27H22ClF3N4O/c28-22-14-25-20(13-23(22)30)21-16-34(10-1-2-17-3-5-19(29)6-4-17)11-8-24(21)35(25)27(36)33-15-18-7-9-32-26(31)12-18/h1-7,9,12-14H,8,10-11,15-16H2,(H,33,36)/b2-1+. The summed E-state index contributed by atoms with van der Waals surface area (Å²) in [6.45, 7) is 1.97. The maximum Gasteiger partial charge on any atom is 0.326 e. The number of halogens is 4. The molecule has 0 bridgehead atoms. The molecule has 0 fully saturated rings. The molecule has 0 unspecified atom stereocenters. The second kappa shape index (κ2) is 10.2. The highest BCUT2D eigenvalue weighted by Gasteiger charge is 2.27. The first-order chi connectivity index (χ1) is 17.4. The summed E-state index contributed by atoms with van der Waals surface area (Å²) >= 11 is 6.07. The van der Waals surface area contributed by atoms with Crippen molar-refractivity contribution in [3.8, 4) is 0 Å². The molecule has 1 aliphatic rings. The Morgan fingerprint density at radius 1 is 1.11 bits per heavy atom. The number of carbonyl (C=O) groups is 1. The van der Waals surface area contributed by atoms with Gasteiger partial charge in [-0.15, -0.1) is 0 Å². The van der Waals surface area contributed by atoms with Gasteiger partial charge in [-0.25, -0.2) is 18.6 Å². The molecule has 2 aromatic heterocycles. The van der Waals surface area contributed by atoms with Gasteiger partial charge < -0.3 is 5.32 Å². The topological polar surface area (TPSA) is 50.2 Å². The molecule has 3 heterocycles. The lowest BCUT2D eigenvalue weighted by molar-refractivity contribution is 0.240. The number of fused-ring (bicyclic) bond motifs is 3. The Morgan fingerprint density at radius 3 is 2.69 bits per heavy atom. The van der Waals surface area contributed by atoms with Crippen molar-refractivity contribution in [2.24, 2.45) is 0 Å². The van der Waals surface area contributed by atoms with Crippen LogP contribution in [0.15, 0.2) is 60.8 Å². The summed E-state index contributed by atoms with van der Waals surface area (Å²) in [5, 5.41) is 3.37. The van der Waals surface area contributed by atoms with Gasteiger partial charge >= 0.3 is 6.03 Å². The minimum absolute atomic E-state index is 0.0679. The van der Waals surface area contributed by atoms with Crippen molar-refractivity contribution in [3.05, 3.63) is 106 Å². The Morgan fingerprint density at radius 2 is 1.92 bits per heavy atom. The number of aromatic nitrogens is 2. The normalized spacial score (nSPS) is 13.9. The Balaban J connectivity index is 1.40. The molecule has 2 aromatic carbocycles. The van der Waals surface area contributed by atoms with Gasteiger partial charge in [0.1, 0.15) is 11.6 Å². The van der Waals surface area contributed by atoms with Crippen molar-refractivity contribution in [2.45, 2.75) is 19.5 Å². The van der Waals surface area contributed by atoms with Crippen LogP contribution in [0.1, 0.15) is 22.4 Å². The summed E-state index contributed by atoms with van der Waals surface area (Å²) in [5.74, 6) is -1.46. The quantitative estimate of drug-likeness (QED) is 0.338. The maximum atomic E-state index is 14.4. The van der Waals surface area contributed by atoms with Crippen molar-refractivity contribution in [1.29, 1.82) is 0 Å². The smallest absolute Gasteiger partial charge is 0.326 e. The van der Waals surface area contributed by atoms with Gasteiger partial charge in [0.15, 0.2) is 0 Å². The number of hydrogen-bond acceptors (Lipinski definition) is 3. The number of benzene rings is 2. The molecule has 5 nitrogen and oxygen atoms in total. The van der Waals surface area contributed by atoms with Crippen LogP contribution < -0.4 is 5.32 Å². The minimum Gasteiger partial charge on any atom is -0.333 e. The fourth-order valence-electron chi connectivity index (χ4n) is 4.51. The number of nitrogens with zero attached hydrogens (tertiary/aromatic N) is 3. The SMILES string of the molecule is O=C(NCc1ccnc(F)c1)n1c2c(c3cc(F)c(Cl)cc31)CN(C/C=C/c1ccc(F)cc1)CC2. The van der Waals surface area contributed by atoms with Crippen molar-refractivity contribution in [2.75, 3.05) is 13.1 Å². The molecule has 0 aliphatic carbocycles. The van der Waals surface area contributed by atoms with Gasteiger partial charge in [0.25, 0.3) is 0 Å². The van der Waals surface area contributed by atoms with E-state index in [2.05, 4.69) is 15.2 Å². The summed E-state index contributed by atoms with van der Waals surface area (Å²) < 4.78 is 42.5. The third-order valence-electron chi connectivity index (χ3n) is 6.25. The molecule has 9 heteroatoms. The van der Waals surface area contributed by atoms with Crippen LogP contribution >= 0.6 is 11.6 Å². The predicted molar refractivity (Wildman–Crippen MR) is 133 cm³/mol. The lowest BCUT2D eigenvalue weighted by atomic mass is 10.0. The van der Waals surface area contributed by atoms with E-state index in [1.54, 1.807) is 22.8 Å². The van der Waals surface area contributed by atoms with E-state index in [0.29, 0.717) is 42.5 Å². The molecule has 0 saturated carbocycles. The molecule has 0 spiro atoms. The molecule has 1 aliphatic heterocycles. The monoisotopic (exact) mass is 510 g/mol. The summed E-state index contributed by atoms with van der Waals surface area (Å²) in [6.07, 6.45) is 5.83. The number of carbonyl (C=O) groups excluding carboxylic acids is 1. The predicted octanol–water partition coefficient (Wildman–Crippen LogP) is 5.94. The van der Waals surface area contributed by atoms with Crippen molar-refractivity contribution < 1.29 is 18.0 Å². The van der Waals surface area contributed by atoms with Crippen molar-refractivity contribution >= 4 is 34.6 Å². The Bertz CT molecular complexity index is 1470. The Kier molecular flexibility index (Phi) is 6.80. The number of hydrogen-bond donors (Lipinski definition) is 1. The maximum absolute atomic E-state index is 14.4. The van der Waals surface area contributed by atoms with E-state index >= 15 is 0 Å². The highest BCUT2D eigenvalue weighted by molar-refractivity contribution is 6.31. The van der Waals surface area contributed by atoms with E-state index in [4.69, 9.17) is 11.6 Å². The van der Waals surface area contributed by atoms with Gasteiger partial charge in [-0.05, 0) is 53.1 Å². The van der Waals surface area contributed by atoms with Crippen molar-refractivity contribution in [3.63, 3.8) is 0 Å². The van der Waals surface area contributed by atoms with E-state index in [1.807, 2.05) is 12.2 Å². The lowest BCUT2D eigenvalue weighted by Crippen LogP contribution is -2.34. The Labute approximate surface area is 210 Å². The van der Waals surface area contributed by atoms with E-state index < -0.39 is 17.8 Å². The van der Waals surface area contributed by atoms with Crippen LogP contribution in [0.3, 0.4) is 0 Å². The van der Waals surface area contributed by atoms with Crippen LogP contribution in [0.5, 0.6) is 0 Å². The molecular formula is C27H22ClF3N4O. The highest BCUT2D eigenvalue weighted by atomic mass is 35.5. The van der Waals surface area contributed by atoms with Gasteiger partial charge in [0.05, 0.1) is 10.5 Å². The van der Waals surface area contributed by atoms with Crippen molar-refractivity contribution in [1.82, 2.24) is 19.8 Å². The number of pyridine rings is 1. The second-order valence-electron chi connectivity index (χ2n) is 8.63. The van der Waals surface area contributed by atoms with Gasteiger partial charge in [0, 0.05) is 49.9 Å². The van der Waals surface area contributed by atoms with Crippen LogP contribution in [0.25, 0.3) is 17.0 Å². The van der Waals surface area contributed by atoms with Crippen LogP contribution in [-0.2, 0) is 19.5 Å². The fraction of sp³-hybridized carbons (Fsp3) is 0.185. The first kappa shape index (κ1) is 24.1. The molecule has 184 valence electrons. The summed E-state index contributed by atoms with van der Waals surface area (Å²) in [6, 6.07) is 11.6. The zero-order valence-electron chi connectivity index (χ0n) is 19.1. The summed E-state index contributed by atoms with van der Waals surface area (Å²) in [5.41, 5.74) is 3.65. The van der Waals surface area contributed by atoms with Crippen LogP contribution in [0.2, 0.25) is 5.02 Å². The molecule has 5 rings (SSSR count). The number of rotatable bonds is 5. The van der Waals surface area contributed by atoms with Gasteiger partial charge in [-0.1, -0.05) is 35.9 Å². The van der Waals surface area contributed by atoms with E-state index in [0.717, 1.165) is 16.8 Å². The molecule has 1 N–H and O–H groups in total. The van der Waals surface area contributed by atoms with E-state index in [-0.39, 0.29) is 17.4 Å². The number of amides is 1. The average Bonchev–Trinajstić information content (AvgIpc) is 3.16. The van der Waals surface area contributed by atoms with Crippen LogP contribution in [0, 0.1) is 17.6 Å². The highest BCUT2D eigenvalue weighted by Crippen LogP contribution is 2.34. The molecule has 0 radical (unpaired) electrons. The first-order valence-corrected chi connectivity index (χ1v) is 11.8. The third kappa shape index (κ3) is 5.01. The number of nitrogens with one attached hydrogen (secondary N) is 1. The summed E-state index contributed by atoms with van der Waals surface area (Å²) in [4.78, 5) is 18.9. The first-order valence-electron chi connectivity index (χ1n) is 11.4. The zero-order chi connectivity index (χ0) is 25.2. The zero-order valence-corrected chi connectivity index (χ0v) is 19.9. The third-order valence-corrected chi connectivity index (χ3v) is 6.54. The average molecular weight is 511 g/mol. The molecule has 0 atom stereocenters. The molecule has 1 amide bonds. The second-order valence-corrected chi connectivity index (χ2v) is 9.04. The van der Waals surface area contributed by atoms with E-state index in [1.165, 1.54) is 36.5 Å². The Hall–Kier alpha value is -3.62. The molecular weight excluding hydrogens is 489 g/mol. The largest absolute Gasteiger partial charge is 0.333 e. The van der Waals surface area contributed by atoms with Gasteiger partial charge in [-0.2, -0.15) is 4.39 Å². The van der Waals surface area contributed by atoms with Crippen LogP contribution in [-0.4, -0.2) is 33.6 Å². The fourth-order valence-corrected chi connectivity index (χ4v) is 4.67. The van der Waals surface area contributed by atoms with Gasteiger partial charge in [-0.3, -0.25) is 9.47 Å². The molecule has 4 aromatic rings. The van der Waals surface area contributed by atoms with E-state index in [9.17, 15) is 18.0 Å². The molecule has 36 heavy (non-hydrogen) atoms.